The smallest absolute Gasteiger partial charge is 0.367 e. The first-order chi connectivity index (χ1) is 9.97. The van der Waals surface area contributed by atoms with E-state index < -0.39 is 12.0 Å². The molecule has 4 rings (SSSR count). The van der Waals surface area contributed by atoms with E-state index in [9.17, 15) is 13.2 Å². The van der Waals surface area contributed by atoms with Gasteiger partial charge in [-0.25, -0.2) is 15.8 Å². The molecule has 0 aliphatic heterocycles. The predicted molar refractivity (Wildman–Crippen MR) is 70.1 cm³/mol. The van der Waals surface area contributed by atoms with Gasteiger partial charge in [-0.05, 0) is 42.9 Å². The number of anilines is 2. The topological polar surface area (TPSA) is 75.9 Å². The lowest BCUT2D eigenvalue weighted by Crippen LogP contribution is -2.19. The molecule has 0 radical (unpaired) electrons. The maximum absolute atomic E-state index is 12.8. The fourth-order valence-electron chi connectivity index (χ4n) is 4.41. The minimum atomic E-state index is -4.58. The van der Waals surface area contributed by atoms with Crippen LogP contribution in [-0.4, -0.2) is 16.0 Å². The molecular weight excluding hydrogens is 283 g/mol. The van der Waals surface area contributed by atoms with Gasteiger partial charge < -0.3 is 10.7 Å². The SMILES string of the molecule is NNc1cc(NC2C3C4CCC(C4)C23)nc(C(F)(F)F)n1. The molecule has 1 heterocycles. The number of hydrazine groups is 1. The van der Waals surface area contributed by atoms with Gasteiger partial charge in [0.15, 0.2) is 0 Å². The minimum Gasteiger partial charge on any atom is -0.367 e. The molecule has 4 atom stereocenters. The number of aromatic nitrogens is 2. The Morgan fingerprint density at radius 3 is 2.29 bits per heavy atom. The molecule has 5 nitrogen and oxygen atoms in total. The zero-order valence-corrected chi connectivity index (χ0v) is 11.2. The molecule has 1 aromatic rings. The second-order valence-corrected chi connectivity index (χ2v) is 6.26. The van der Waals surface area contributed by atoms with Gasteiger partial charge >= 0.3 is 6.18 Å². The first-order valence-corrected chi connectivity index (χ1v) is 7.17. The van der Waals surface area contributed by atoms with Crippen LogP contribution in [0, 0.1) is 23.7 Å². The van der Waals surface area contributed by atoms with Gasteiger partial charge in [-0.1, -0.05) is 0 Å². The lowest BCUT2D eigenvalue weighted by Gasteiger charge is -2.14. The highest BCUT2D eigenvalue weighted by atomic mass is 19.4. The first-order valence-electron chi connectivity index (χ1n) is 7.17. The predicted octanol–water partition coefficient (Wildman–Crippen LogP) is 2.24. The maximum atomic E-state index is 12.8. The van der Waals surface area contributed by atoms with Gasteiger partial charge in [0.1, 0.15) is 11.6 Å². The van der Waals surface area contributed by atoms with Crippen LogP contribution >= 0.6 is 0 Å². The van der Waals surface area contributed by atoms with Crippen molar-refractivity contribution in [2.75, 3.05) is 10.7 Å². The highest BCUT2D eigenvalue weighted by Gasteiger charge is 2.65. The molecule has 4 unspecified atom stereocenters. The zero-order valence-electron chi connectivity index (χ0n) is 11.2. The molecule has 114 valence electrons. The van der Waals surface area contributed by atoms with E-state index in [0.29, 0.717) is 11.8 Å². The van der Waals surface area contributed by atoms with Gasteiger partial charge in [-0.2, -0.15) is 13.2 Å². The lowest BCUT2D eigenvalue weighted by atomic mass is 10.0. The molecule has 3 saturated carbocycles. The van der Waals surface area contributed by atoms with Crippen molar-refractivity contribution in [3.8, 4) is 0 Å². The first kappa shape index (κ1) is 13.1. The van der Waals surface area contributed by atoms with Crippen LogP contribution in [0.1, 0.15) is 25.1 Å². The van der Waals surface area contributed by atoms with Gasteiger partial charge in [-0.3, -0.25) is 0 Å². The van der Waals surface area contributed by atoms with Gasteiger partial charge in [-0.15, -0.1) is 0 Å². The highest BCUT2D eigenvalue weighted by molar-refractivity contribution is 5.49. The van der Waals surface area contributed by atoms with Crippen molar-refractivity contribution in [1.29, 1.82) is 0 Å². The summed E-state index contributed by atoms with van der Waals surface area (Å²) in [4.78, 5) is 6.94. The number of rotatable bonds is 3. The molecule has 21 heavy (non-hydrogen) atoms. The third-order valence-corrected chi connectivity index (χ3v) is 5.18. The summed E-state index contributed by atoms with van der Waals surface area (Å²) in [5.74, 6) is 6.90. The molecule has 8 heteroatoms. The highest BCUT2D eigenvalue weighted by Crippen LogP contribution is 2.66. The number of hydrogen-bond acceptors (Lipinski definition) is 5. The molecule has 1 aromatic heterocycles. The molecule has 0 aromatic carbocycles. The molecule has 2 bridgehead atoms. The third-order valence-electron chi connectivity index (χ3n) is 5.18. The van der Waals surface area contributed by atoms with Crippen LogP contribution in [0.3, 0.4) is 0 Å². The number of halogens is 3. The van der Waals surface area contributed by atoms with Crippen LogP contribution in [-0.2, 0) is 6.18 Å². The van der Waals surface area contributed by atoms with Crippen molar-refractivity contribution in [1.82, 2.24) is 9.97 Å². The maximum Gasteiger partial charge on any atom is 0.451 e. The number of nitrogen functional groups attached to an aromatic ring is 1. The Morgan fingerprint density at radius 1 is 1.10 bits per heavy atom. The third kappa shape index (κ3) is 2.04. The molecular formula is C13H16F3N5. The fourth-order valence-corrected chi connectivity index (χ4v) is 4.41. The summed E-state index contributed by atoms with van der Waals surface area (Å²) >= 11 is 0. The van der Waals surface area contributed by atoms with E-state index in [1.165, 1.54) is 25.3 Å². The average Bonchev–Trinajstić information content (AvgIpc) is 2.84. The Bertz CT molecular complexity index is 559. The fraction of sp³-hybridized carbons (Fsp3) is 0.692. The standard InChI is InChI=1S/C13H16F3N5/c14-13(15,16)12-19-7(4-8(20-12)21-17)18-11-9-5-1-2-6(3-5)10(9)11/h4-6,9-11H,1-3,17H2,(H2,18,19,20,21). The normalized spacial score (nSPS) is 36.5. The van der Waals surface area contributed by atoms with Crippen LogP contribution < -0.4 is 16.6 Å². The molecule has 0 saturated heterocycles. The largest absolute Gasteiger partial charge is 0.451 e. The zero-order chi connectivity index (χ0) is 14.8. The Morgan fingerprint density at radius 2 is 1.71 bits per heavy atom. The van der Waals surface area contributed by atoms with Crippen molar-refractivity contribution in [2.24, 2.45) is 29.5 Å². The summed E-state index contributed by atoms with van der Waals surface area (Å²) in [7, 11) is 0. The van der Waals surface area contributed by atoms with E-state index in [1.807, 2.05) is 0 Å². The van der Waals surface area contributed by atoms with Crippen molar-refractivity contribution < 1.29 is 13.2 Å². The molecule has 4 N–H and O–H groups in total. The number of fused-ring (bicyclic) bond motifs is 5. The van der Waals surface area contributed by atoms with Crippen molar-refractivity contribution in [3.05, 3.63) is 11.9 Å². The Balaban J connectivity index is 1.56. The van der Waals surface area contributed by atoms with Crippen LogP contribution in [0.15, 0.2) is 6.07 Å². The summed E-state index contributed by atoms with van der Waals surface area (Å²) in [5, 5.41) is 3.16. The van der Waals surface area contributed by atoms with Crippen LogP contribution in [0.4, 0.5) is 24.8 Å². The van der Waals surface area contributed by atoms with Crippen molar-refractivity contribution >= 4 is 11.6 Å². The second kappa shape index (κ2) is 4.22. The molecule has 3 fully saturated rings. The summed E-state index contributed by atoms with van der Waals surface area (Å²) < 4.78 is 38.3. The van der Waals surface area contributed by atoms with E-state index >= 15 is 0 Å². The van der Waals surface area contributed by atoms with Gasteiger partial charge in [0.05, 0.1) is 0 Å². The van der Waals surface area contributed by atoms with E-state index in [1.54, 1.807) is 0 Å². The Hall–Kier alpha value is -1.57. The molecule has 3 aliphatic rings. The van der Waals surface area contributed by atoms with Crippen molar-refractivity contribution in [2.45, 2.75) is 31.5 Å². The van der Waals surface area contributed by atoms with Crippen LogP contribution in [0.25, 0.3) is 0 Å². The number of nitrogens with zero attached hydrogens (tertiary/aromatic N) is 2. The Kier molecular flexibility index (Phi) is 2.64. The van der Waals surface area contributed by atoms with Gasteiger partial charge in [0.25, 0.3) is 0 Å². The summed E-state index contributed by atoms with van der Waals surface area (Å²) in [5.41, 5.74) is 2.16. The monoisotopic (exact) mass is 299 g/mol. The van der Waals surface area contributed by atoms with E-state index in [4.69, 9.17) is 5.84 Å². The summed E-state index contributed by atoms with van der Waals surface area (Å²) in [6.07, 6.45) is -0.767. The lowest BCUT2D eigenvalue weighted by molar-refractivity contribution is -0.144. The second-order valence-electron chi connectivity index (χ2n) is 6.26. The summed E-state index contributed by atoms with van der Waals surface area (Å²) in [6.45, 7) is 0. The van der Waals surface area contributed by atoms with E-state index in [-0.39, 0.29) is 17.7 Å². The number of alkyl halides is 3. The quantitative estimate of drug-likeness (QED) is 0.589. The average molecular weight is 299 g/mol. The summed E-state index contributed by atoms with van der Waals surface area (Å²) in [6, 6.07) is 1.68. The minimum absolute atomic E-state index is 0.0337. The number of nitrogens with two attached hydrogens (primary N) is 1. The number of hydrogen-bond donors (Lipinski definition) is 3. The molecule has 3 aliphatic carbocycles. The van der Waals surface area contributed by atoms with Crippen molar-refractivity contribution in [3.63, 3.8) is 0 Å². The Labute approximate surface area is 119 Å². The van der Waals surface area contributed by atoms with Crippen LogP contribution in [0.2, 0.25) is 0 Å². The molecule has 0 amide bonds. The number of nitrogens with one attached hydrogen (secondary N) is 2. The van der Waals surface area contributed by atoms with Crippen LogP contribution in [0.5, 0.6) is 0 Å². The van der Waals surface area contributed by atoms with E-state index in [2.05, 4.69) is 20.7 Å². The van der Waals surface area contributed by atoms with Gasteiger partial charge in [0, 0.05) is 12.1 Å². The van der Waals surface area contributed by atoms with Gasteiger partial charge in [0.2, 0.25) is 5.82 Å². The van der Waals surface area contributed by atoms with E-state index in [0.717, 1.165) is 11.8 Å². The molecule has 0 spiro atoms.